The van der Waals surface area contributed by atoms with E-state index in [2.05, 4.69) is 15.5 Å². The maximum Gasteiger partial charge on any atom is 0.247 e. The molecule has 2 N–H and O–H groups in total. The minimum atomic E-state index is -3.47. The van der Waals surface area contributed by atoms with Crippen LogP contribution in [0.5, 0.6) is 0 Å². The van der Waals surface area contributed by atoms with Gasteiger partial charge in [-0.3, -0.25) is 5.10 Å². The number of sulfonamides is 1. The summed E-state index contributed by atoms with van der Waals surface area (Å²) in [5.41, 5.74) is 1.19. The fraction of sp³-hybridized carbons (Fsp3) is 0.750. The molecule has 1 aliphatic heterocycles. The first-order chi connectivity index (χ1) is 9.48. The van der Waals surface area contributed by atoms with Crippen molar-refractivity contribution in [3.8, 4) is 0 Å². The Morgan fingerprint density at radius 2 is 2.30 bits per heavy atom. The molecule has 0 aliphatic carbocycles. The highest BCUT2D eigenvalue weighted by molar-refractivity contribution is 7.99. The van der Waals surface area contributed by atoms with Gasteiger partial charge >= 0.3 is 0 Å². The predicted octanol–water partition coefficient (Wildman–Crippen LogP) is 0.954. The highest BCUT2D eigenvalue weighted by Crippen LogP contribution is 2.27. The normalized spacial score (nSPS) is 21.2. The highest BCUT2D eigenvalue weighted by atomic mass is 32.2. The largest absolute Gasteiger partial charge is 0.311 e. The Balaban J connectivity index is 2.35. The smallest absolute Gasteiger partial charge is 0.247 e. The standard InChI is InChI=1S/C12H22N4O2S2/c1-4-13-7-11-12(10(3)14-15-11)20(17,18)16-5-6-19-8-9(16)2/h9,13H,4-8H2,1-3H3,(H,14,15). The van der Waals surface area contributed by atoms with E-state index in [1.54, 1.807) is 23.0 Å². The zero-order valence-electron chi connectivity index (χ0n) is 12.1. The second-order valence-electron chi connectivity index (χ2n) is 4.94. The zero-order valence-corrected chi connectivity index (χ0v) is 13.8. The Kier molecular flexibility index (Phi) is 5.11. The molecule has 1 aromatic heterocycles. The average Bonchev–Trinajstić information content (AvgIpc) is 2.78. The van der Waals surface area contributed by atoms with Crippen LogP contribution in [0.3, 0.4) is 0 Å². The Morgan fingerprint density at radius 1 is 1.55 bits per heavy atom. The zero-order chi connectivity index (χ0) is 14.8. The fourth-order valence-corrected chi connectivity index (χ4v) is 5.55. The number of nitrogens with one attached hydrogen (secondary N) is 2. The maximum absolute atomic E-state index is 12.9. The Morgan fingerprint density at radius 3 is 2.95 bits per heavy atom. The molecule has 1 atom stereocenters. The van der Waals surface area contributed by atoms with Crippen LogP contribution >= 0.6 is 11.8 Å². The molecule has 1 aromatic rings. The summed E-state index contributed by atoms with van der Waals surface area (Å²) in [6, 6.07) is 0.0278. The van der Waals surface area contributed by atoms with Gasteiger partial charge in [0, 0.05) is 30.6 Å². The van der Waals surface area contributed by atoms with Gasteiger partial charge in [-0.2, -0.15) is 21.2 Å². The maximum atomic E-state index is 12.9. The summed E-state index contributed by atoms with van der Waals surface area (Å²) in [5.74, 6) is 1.70. The van der Waals surface area contributed by atoms with Crippen molar-refractivity contribution in [2.24, 2.45) is 0 Å². The third-order valence-corrected chi connectivity index (χ3v) is 6.78. The van der Waals surface area contributed by atoms with E-state index in [1.807, 2.05) is 13.8 Å². The van der Waals surface area contributed by atoms with Crippen molar-refractivity contribution in [1.82, 2.24) is 19.8 Å². The lowest BCUT2D eigenvalue weighted by Crippen LogP contribution is -2.44. The molecule has 0 bridgehead atoms. The number of aromatic nitrogens is 2. The number of aryl methyl sites for hydroxylation is 1. The van der Waals surface area contributed by atoms with E-state index in [0.29, 0.717) is 29.4 Å². The highest BCUT2D eigenvalue weighted by Gasteiger charge is 2.35. The summed E-state index contributed by atoms with van der Waals surface area (Å²) in [4.78, 5) is 0.345. The summed E-state index contributed by atoms with van der Waals surface area (Å²) in [7, 11) is -3.47. The lowest BCUT2D eigenvalue weighted by atomic mass is 10.3. The molecular weight excluding hydrogens is 296 g/mol. The van der Waals surface area contributed by atoms with Crippen molar-refractivity contribution >= 4 is 21.8 Å². The van der Waals surface area contributed by atoms with Crippen LogP contribution in [-0.2, 0) is 16.6 Å². The molecular formula is C12H22N4O2S2. The van der Waals surface area contributed by atoms with E-state index in [4.69, 9.17) is 0 Å². The predicted molar refractivity (Wildman–Crippen MR) is 81.4 cm³/mol. The van der Waals surface area contributed by atoms with Crippen molar-refractivity contribution < 1.29 is 8.42 Å². The molecule has 1 unspecified atom stereocenters. The second kappa shape index (κ2) is 6.46. The molecule has 2 rings (SSSR count). The number of hydrogen-bond acceptors (Lipinski definition) is 5. The van der Waals surface area contributed by atoms with Gasteiger partial charge in [0.05, 0.1) is 11.4 Å². The van der Waals surface area contributed by atoms with E-state index in [9.17, 15) is 8.42 Å². The molecule has 0 saturated carbocycles. The first kappa shape index (κ1) is 15.8. The first-order valence-corrected chi connectivity index (χ1v) is 9.42. The molecule has 0 aromatic carbocycles. The van der Waals surface area contributed by atoms with Crippen LogP contribution in [0.1, 0.15) is 25.2 Å². The minimum absolute atomic E-state index is 0.0278. The van der Waals surface area contributed by atoms with Crippen molar-refractivity contribution in [2.45, 2.75) is 38.3 Å². The van der Waals surface area contributed by atoms with Crippen molar-refractivity contribution in [3.63, 3.8) is 0 Å². The molecule has 6 nitrogen and oxygen atoms in total. The van der Waals surface area contributed by atoms with Crippen LogP contribution in [-0.4, -0.2) is 53.6 Å². The number of hydrogen-bond donors (Lipinski definition) is 2. The van der Waals surface area contributed by atoms with Gasteiger partial charge in [0.2, 0.25) is 10.0 Å². The summed E-state index contributed by atoms with van der Waals surface area (Å²) in [5, 5.41) is 10.1. The summed E-state index contributed by atoms with van der Waals surface area (Å²) < 4.78 is 27.4. The Hall–Kier alpha value is -0.570. The molecule has 0 radical (unpaired) electrons. The monoisotopic (exact) mass is 318 g/mol. The van der Waals surface area contributed by atoms with E-state index in [-0.39, 0.29) is 6.04 Å². The Bertz CT molecular complexity index is 556. The van der Waals surface area contributed by atoms with Crippen LogP contribution in [0, 0.1) is 6.92 Å². The lowest BCUT2D eigenvalue weighted by molar-refractivity contribution is 0.367. The molecule has 2 heterocycles. The molecule has 1 saturated heterocycles. The van der Waals surface area contributed by atoms with Gasteiger partial charge in [-0.1, -0.05) is 6.92 Å². The van der Waals surface area contributed by atoms with Gasteiger partial charge in [-0.25, -0.2) is 8.42 Å². The molecule has 1 aliphatic rings. The summed E-state index contributed by atoms with van der Waals surface area (Å²) in [6.45, 7) is 7.52. The molecule has 0 amide bonds. The third-order valence-electron chi connectivity index (χ3n) is 3.38. The van der Waals surface area contributed by atoms with E-state index in [1.165, 1.54) is 0 Å². The number of H-pyrrole nitrogens is 1. The molecule has 0 spiro atoms. The number of aromatic amines is 1. The quantitative estimate of drug-likeness (QED) is 0.845. The summed E-state index contributed by atoms with van der Waals surface area (Å²) >= 11 is 1.80. The van der Waals surface area contributed by atoms with Gasteiger partial charge < -0.3 is 5.32 Å². The minimum Gasteiger partial charge on any atom is -0.311 e. The second-order valence-corrected chi connectivity index (χ2v) is 7.92. The van der Waals surface area contributed by atoms with Crippen LogP contribution in [0.2, 0.25) is 0 Å². The van der Waals surface area contributed by atoms with Gasteiger partial charge in [0.1, 0.15) is 4.90 Å². The average molecular weight is 318 g/mol. The van der Waals surface area contributed by atoms with Crippen LogP contribution in [0.4, 0.5) is 0 Å². The van der Waals surface area contributed by atoms with E-state index in [0.717, 1.165) is 18.1 Å². The molecule has 20 heavy (non-hydrogen) atoms. The van der Waals surface area contributed by atoms with Gasteiger partial charge in [0.25, 0.3) is 0 Å². The molecule has 1 fully saturated rings. The molecule has 8 heteroatoms. The fourth-order valence-electron chi connectivity index (χ4n) is 2.36. The van der Waals surface area contributed by atoms with Gasteiger partial charge in [0.15, 0.2) is 0 Å². The van der Waals surface area contributed by atoms with Gasteiger partial charge in [-0.05, 0) is 20.4 Å². The number of rotatable bonds is 5. The van der Waals surface area contributed by atoms with Crippen LogP contribution in [0.25, 0.3) is 0 Å². The van der Waals surface area contributed by atoms with E-state index >= 15 is 0 Å². The number of thioether (sulfide) groups is 1. The Labute approximate surface area is 124 Å². The van der Waals surface area contributed by atoms with Crippen molar-refractivity contribution in [2.75, 3.05) is 24.6 Å². The SMILES string of the molecule is CCNCc1n[nH]c(C)c1S(=O)(=O)N1CCSCC1C. The molecule has 114 valence electrons. The lowest BCUT2D eigenvalue weighted by Gasteiger charge is -2.32. The van der Waals surface area contributed by atoms with Crippen LogP contribution in [0.15, 0.2) is 4.90 Å². The van der Waals surface area contributed by atoms with E-state index < -0.39 is 10.0 Å². The topological polar surface area (TPSA) is 78.1 Å². The third kappa shape index (κ3) is 3.03. The first-order valence-electron chi connectivity index (χ1n) is 6.82. The van der Waals surface area contributed by atoms with Crippen molar-refractivity contribution in [3.05, 3.63) is 11.4 Å². The summed E-state index contributed by atoms with van der Waals surface area (Å²) in [6.07, 6.45) is 0. The van der Waals surface area contributed by atoms with Gasteiger partial charge in [-0.15, -0.1) is 0 Å². The van der Waals surface area contributed by atoms with Crippen LogP contribution < -0.4 is 5.32 Å². The van der Waals surface area contributed by atoms with Crippen molar-refractivity contribution in [1.29, 1.82) is 0 Å². The number of nitrogens with zero attached hydrogens (tertiary/aromatic N) is 2.